The second-order valence-corrected chi connectivity index (χ2v) is 6.34. The Morgan fingerprint density at radius 2 is 1.66 bits per heavy atom. The molecule has 0 saturated carbocycles. The summed E-state index contributed by atoms with van der Waals surface area (Å²) in [5.41, 5.74) is 7.29. The van der Waals surface area contributed by atoms with Gasteiger partial charge in [-0.25, -0.2) is 0 Å². The zero-order valence-electron chi connectivity index (χ0n) is 15.5. The Labute approximate surface area is 172 Å². The second kappa shape index (κ2) is 10.9. The summed E-state index contributed by atoms with van der Waals surface area (Å²) in [4.78, 5) is 5.46. The number of hydrogen-bond donors (Lipinski definition) is 3. The Bertz CT molecular complexity index is 965. The number of hydrazone groups is 1. The fourth-order valence-electron chi connectivity index (χ4n) is 2.17. The van der Waals surface area contributed by atoms with Gasteiger partial charge in [0.2, 0.25) is 5.84 Å². The number of benzene rings is 3. The van der Waals surface area contributed by atoms with Crippen LogP contribution in [-0.2, 0) is 9.32 Å². The van der Waals surface area contributed by atoms with Crippen LogP contribution in [0.1, 0.15) is 5.56 Å². The van der Waals surface area contributed by atoms with Crippen molar-refractivity contribution < 1.29 is 14.4 Å². The standard InChI is InChI=1S/C20H19N5O3S/c1-21-27-28-29-17-13-11-16(12-14-17)22-24-20(15-7-3-2-4-8-15)25-23-18-9-5-6-10-19(18)26/h2-14,21-22,26H,1H3/b24-20-,25-23?. The molecule has 148 valence electrons. The summed E-state index contributed by atoms with van der Waals surface area (Å²) in [6.07, 6.45) is 0. The summed E-state index contributed by atoms with van der Waals surface area (Å²) in [6, 6.07) is 23.6. The number of azo groups is 1. The number of anilines is 1. The Morgan fingerprint density at radius 1 is 0.931 bits per heavy atom. The maximum absolute atomic E-state index is 9.87. The molecule has 9 heteroatoms. The van der Waals surface area contributed by atoms with E-state index >= 15 is 0 Å². The normalized spacial score (nSPS) is 11.7. The van der Waals surface area contributed by atoms with Crippen LogP contribution in [0.15, 0.2) is 99.1 Å². The topological polar surface area (TPSA) is 99.8 Å². The van der Waals surface area contributed by atoms with Crippen molar-refractivity contribution in [3.8, 4) is 5.75 Å². The molecule has 0 heterocycles. The number of para-hydroxylation sites is 1. The fourth-order valence-corrected chi connectivity index (χ4v) is 2.60. The van der Waals surface area contributed by atoms with Gasteiger partial charge in [-0.1, -0.05) is 42.5 Å². The summed E-state index contributed by atoms with van der Waals surface area (Å²) in [7, 11) is 1.60. The maximum atomic E-state index is 9.87. The largest absolute Gasteiger partial charge is 0.506 e. The molecule has 0 radical (unpaired) electrons. The Balaban J connectivity index is 1.76. The van der Waals surface area contributed by atoms with E-state index in [-0.39, 0.29) is 5.75 Å². The quantitative estimate of drug-likeness (QED) is 0.0917. The van der Waals surface area contributed by atoms with Gasteiger partial charge in [-0.3, -0.25) is 5.43 Å². The minimum Gasteiger partial charge on any atom is -0.506 e. The van der Waals surface area contributed by atoms with Crippen LogP contribution in [0.2, 0.25) is 0 Å². The smallest absolute Gasteiger partial charge is 0.201 e. The highest BCUT2D eigenvalue weighted by Crippen LogP contribution is 2.25. The van der Waals surface area contributed by atoms with Gasteiger partial charge >= 0.3 is 0 Å². The molecule has 8 nitrogen and oxygen atoms in total. The zero-order chi connectivity index (χ0) is 20.3. The number of amidine groups is 1. The van der Waals surface area contributed by atoms with Crippen LogP contribution in [0, 0.1) is 0 Å². The molecule has 3 aromatic carbocycles. The van der Waals surface area contributed by atoms with E-state index in [2.05, 4.69) is 31.2 Å². The molecule has 3 rings (SSSR count). The van der Waals surface area contributed by atoms with Crippen LogP contribution in [0.5, 0.6) is 5.75 Å². The van der Waals surface area contributed by atoms with E-state index in [1.165, 1.54) is 0 Å². The van der Waals surface area contributed by atoms with E-state index < -0.39 is 0 Å². The molecule has 0 aliphatic rings. The predicted molar refractivity (Wildman–Crippen MR) is 113 cm³/mol. The SMILES string of the molecule is CNOOSc1ccc(N/N=C(\N=Nc2ccccc2O)c2ccccc2)cc1. The van der Waals surface area contributed by atoms with E-state index in [4.69, 9.17) is 4.33 Å². The summed E-state index contributed by atoms with van der Waals surface area (Å²) < 4.78 is 4.86. The van der Waals surface area contributed by atoms with Crippen LogP contribution in [0.25, 0.3) is 0 Å². The number of phenols is 1. The summed E-state index contributed by atoms with van der Waals surface area (Å²) in [5, 5.41) is 22.6. The predicted octanol–water partition coefficient (Wildman–Crippen LogP) is 5.04. The third-order valence-corrected chi connectivity index (χ3v) is 4.16. The van der Waals surface area contributed by atoms with Gasteiger partial charge in [0, 0.05) is 17.5 Å². The molecule has 0 spiro atoms. The van der Waals surface area contributed by atoms with Crippen LogP contribution in [0.4, 0.5) is 11.4 Å². The molecular weight excluding hydrogens is 390 g/mol. The van der Waals surface area contributed by atoms with Crippen molar-refractivity contribution in [1.29, 1.82) is 0 Å². The molecule has 0 bridgehead atoms. The third kappa shape index (κ3) is 6.40. The van der Waals surface area contributed by atoms with Crippen molar-refractivity contribution in [1.82, 2.24) is 5.48 Å². The Morgan fingerprint density at radius 3 is 2.38 bits per heavy atom. The monoisotopic (exact) mass is 409 g/mol. The molecule has 3 aromatic rings. The molecule has 3 N–H and O–H groups in total. The highest BCUT2D eigenvalue weighted by Gasteiger charge is 2.04. The van der Waals surface area contributed by atoms with Gasteiger partial charge < -0.3 is 5.11 Å². The van der Waals surface area contributed by atoms with Crippen molar-refractivity contribution in [3.63, 3.8) is 0 Å². The first-order valence-corrected chi connectivity index (χ1v) is 9.36. The Hall–Kier alpha value is -3.24. The first-order chi connectivity index (χ1) is 14.3. The molecule has 0 fully saturated rings. The first kappa shape index (κ1) is 20.5. The highest BCUT2D eigenvalue weighted by molar-refractivity contribution is 7.94. The number of aromatic hydroxyl groups is 1. The third-order valence-electron chi connectivity index (χ3n) is 3.56. The number of nitrogens with zero attached hydrogens (tertiary/aromatic N) is 3. The van der Waals surface area contributed by atoms with E-state index in [1.807, 2.05) is 54.6 Å². The molecule has 29 heavy (non-hydrogen) atoms. The van der Waals surface area contributed by atoms with Gasteiger partial charge in [0.25, 0.3) is 0 Å². The molecule has 0 aliphatic carbocycles. The zero-order valence-corrected chi connectivity index (χ0v) is 16.3. The minimum atomic E-state index is 0.0502. The van der Waals surface area contributed by atoms with Crippen molar-refractivity contribution in [2.45, 2.75) is 4.90 Å². The molecule has 0 saturated heterocycles. The number of nitrogens with one attached hydrogen (secondary N) is 2. The van der Waals surface area contributed by atoms with E-state index in [9.17, 15) is 5.11 Å². The lowest BCUT2D eigenvalue weighted by Crippen LogP contribution is -2.04. The number of hydroxylamine groups is 1. The van der Waals surface area contributed by atoms with Crippen LogP contribution in [-0.4, -0.2) is 18.0 Å². The van der Waals surface area contributed by atoms with Crippen molar-refractivity contribution in [2.75, 3.05) is 12.5 Å². The maximum Gasteiger partial charge on any atom is 0.201 e. The van der Waals surface area contributed by atoms with Gasteiger partial charge in [0.1, 0.15) is 11.4 Å². The van der Waals surface area contributed by atoms with Gasteiger partial charge in [-0.05, 0) is 36.4 Å². The molecule has 0 aromatic heterocycles. The van der Waals surface area contributed by atoms with Crippen LogP contribution in [0.3, 0.4) is 0 Å². The van der Waals surface area contributed by atoms with Crippen molar-refractivity contribution in [2.24, 2.45) is 15.3 Å². The van der Waals surface area contributed by atoms with E-state index in [0.29, 0.717) is 11.5 Å². The average Bonchev–Trinajstić information content (AvgIpc) is 2.77. The first-order valence-electron chi connectivity index (χ1n) is 8.62. The number of hydrogen-bond acceptors (Lipinski definition) is 8. The summed E-state index contributed by atoms with van der Waals surface area (Å²) in [6.45, 7) is 0. The minimum absolute atomic E-state index is 0.0502. The fraction of sp³-hybridized carbons (Fsp3) is 0.0500. The van der Waals surface area contributed by atoms with Gasteiger partial charge in [-0.15, -0.1) is 19.6 Å². The van der Waals surface area contributed by atoms with Crippen molar-refractivity contribution in [3.05, 3.63) is 84.4 Å². The van der Waals surface area contributed by atoms with Gasteiger partial charge in [0.15, 0.2) is 0 Å². The lowest BCUT2D eigenvalue weighted by atomic mass is 10.2. The highest BCUT2D eigenvalue weighted by atomic mass is 32.2. The molecule has 0 atom stereocenters. The van der Waals surface area contributed by atoms with Gasteiger partial charge in [0.05, 0.1) is 17.7 Å². The average molecular weight is 409 g/mol. The van der Waals surface area contributed by atoms with E-state index in [1.54, 1.807) is 31.3 Å². The molecule has 0 unspecified atom stereocenters. The lowest BCUT2D eigenvalue weighted by Gasteiger charge is -2.05. The van der Waals surface area contributed by atoms with Crippen LogP contribution >= 0.6 is 12.0 Å². The molecule has 0 aliphatic heterocycles. The molecular formula is C20H19N5O3S. The van der Waals surface area contributed by atoms with Crippen molar-refractivity contribution >= 4 is 29.3 Å². The summed E-state index contributed by atoms with van der Waals surface area (Å²) >= 11 is 1.08. The summed E-state index contributed by atoms with van der Waals surface area (Å²) in [5.74, 6) is 0.423. The number of phenolic OH excluding ortho intramolecular Hbond substituents is 1. The number of rotatable bonds is 8. The molecule has 0 amide bonds. The second-order valence-electron chi connectivity index (χ2n) is 5.57. The van der Waals surface area contributed by atoms with Gasteiger partial charge in [-0.2, -0.15) is 10.6 Å². The lowest BCUT2D eigenvalue weighted by molar-refractivity contribution is -0.237. The van der Waals surface area contributed by atoms with Crippen LogP contribution < -0.4 is 10.9 Å². The Kier molecular flexibility index (Phi) is 7.72. The van der Waals surface area contributed by atoms with E-state index in [0.717, 1.165) is 28.2 Å².